The molecule has 0 fully saturated rings. The van der Waals surface area contributed by atoms with E-state index in [1.165, 1.54) is 0 Å². The number of halogens is 1. The van der Waals surface area contributed by atoms with E-state index in [4.69, 9.17) is 16.9 Å². The second kappa shape index (κ2) is 9.30. The molecule has 1 unspecified atom stereocenters. The van der Waals surface area contributed by atoms with E-state index in [1.54, 1.807) is 12.3 Å². The third kappa shape index (κ3) is 5.39. The summed E-state index contributed by atoms with van der Waals surface area (Å²) < 4.78 is 0.961. The molecule has 150 valence electrons. The number of hydrogen-bond acceptors (Lipinski definition) is 5. The van der Waals surface area contributed by atoms with Crippen LogP contribution in [0.15, 0.2) is 63.4 Å². The van der Waals surface area contributed by atoms with Crippen molar-refractivity contribution in [3.63, 3.8) is 0 Å². The SMILES string of the molecule is N=C(N)NCCC(N)C(=O)Nc1cccc2[nH]cc(/N=N/c3ccc(Br)cc3)c12. The van der Waals surface area contributed by atoms with E-state index < -0.39 is 6.04 Å². The highest BCUT2D eigenvalue weighted by atomic mass is 79.9. The molecule has 10 heteroatoms. The summed E-state index contributed by atoms with van der Waals surface area (Å²) >= 11 is 3.39. The van der Waals surface area contributed by atoms with Gasteiger partial charge in [0.05, 0.1) is 22.8 Å². The van der Waals surface area contributed by atoms with Gasteiger partial charge in [0, 0.05) is 22.7 Å². The number of rotatable bonds is 7. The molecule has 1 amide bonds. The largest absolute Gasteiger partial charge is 0.370 e. The number of hydrogen-bond donors (Lipinski definition) is 6. The van der Waals surface area contributed by atoms with E-state index >= 15 is 0 Å². The molecule has 0 bridgehead atoms. The van der Waals surface area contributed by atoms with E-state index in [1.807, 2.05) is 36.4 Å². The van der Waals surface area contributed by atoms with Crippen LogP contribution in [0.25, 0.3) is 10.9 Å². The van der Waals surface area contributed by atoms with Crippen molar-refractivity contribution >= 4 is 55.8 Å². The van der Waals surface area contributed by atoms with Gasteiger partial charge < -0.3 is 27.1 Å². The van der Waals surface area contributed by atoms with E-state index in [2.05, 4.69) is 41.8 Å². The first-order chi connectivity index (χ1) is 13.9. The Morgan fingerprint density at radius 2 is 1.97 bits per heavy atom. The van der Waals surface area contributed by atoms with E-state index in [-0.39, 0.29) is 11.9 Å². The molecule has 1 heterocycles. The Kier molecular flexibility index (Phi) is 6.57. The average molecular weight is 457 g/mol. The number of aromatic amines is 1. The maximum absolute atomic E-state index is 12.5. The van der Waals surface area contributed by atoms with Crippen LogP contribution in [0.3, 0.4) is 0 Å². The molecule has 3 rings (SSSR count). The molecule has 2 aromatic carbocycles. The number of nitrogens with zero attached hydrogens (tertiary/aromatic N) is 2. The summed E-state index contributed by atoms with van der Waals surface area (Å²) in [7, 11) is 0. The molecule has 0 spiro atoms. The number of guanidine groups is 1. The molecule has 3 aromatic rings. The molecule has 0 saturated carbocycles. The van der Waals surface area contributed by atoms with E-state index in [0.717, 1.165) is 15.4 Å². The van der Waals surface area contributed by atoms with Crippen LogP contribution in [-0.4, -0.2) is 29.4 Å². The van der Waals surface area contributed by atoms with Crippen molar-refractivity contribution in [2.24, 2.45) is 21.7 Å². The fraction of sp³-hybridized carbons (Fsp3) is 0.158. The highest BCUT2D eigenvalue weighted by molar-refractivity contribution is 9.10. The smallest absolute Gasteiger partial charge is 0.241 e. The van der Waals surface area contributed by atoms with Crippen molar-refractivity contribution in [3.05, 3.63) is 53.1 Å². The van der Waals surface area contributed by atoms with Gasteiger partial charge in [-0.05, 0) is 42.8 Å². The zero-order chi connectivity index (χ0) is 20.8. The van der Waals surface area contributed by atoms with Crippen LogP contribution in [0.5, 0.6) is 0 Å². The predicted octanol–water partition coefficient (Wildman–Crippen LogP) is 3.48. The van der Waals surface area contributed by atoms with Crippen LogP contribution in [0.4, 0.5) is 17.1 Å². The third-order valence-electron chi connectivity index (χ3n) is 4.15. The molecule has 0 saturated heterocycles. The Morgan fingerprint density at radius 1 is 1.21 bits per heavy atom. The fourth-order valence-corrected chi connectivity index (χ4v) is 2.95. The zero-order valence-electron chi connectivity index (χ0n) is 15.4. The summed E-state index contributed by atoms with van der Waals surface area (Å²) in [5.74, 6) is -0.490. The van der Waals surface area contributed by atoms with Gasteiger partial charge in [0.15, 0.2) is 5.96 Å². The normalized spacial score (nSPS) is 12.2. The van der Waals surface area contributed by atoms with Crippen molar-refractivity contribution in [1.29, 1.82) is 5.41 Å². The molecule has 0 aliphatic rings. The lowest BCUT2D eigenvalue weighted by Crippen LogP contribution is -2.40. The number of azo groups is 1. The maximum Gasteiger partial charge on any atom is 0.241 e. The maximum atomic E-state index is 12.5. The Hall–Kier alpha value is -3.24. The van der Waals surface area contributed by atoms with Crippen molar-refractivity contribution in [3.8, 4) is 0 Å². The van der Waals surface area contributed by atoms with Gasteiger partial charge in [-0.15, -0.1) is 5.11 Å². The van der Waals surface area contributed by atoms with E-state index in [0.29, 0.717) is 30.0 Å². The predicted molar refractivity (Wildman–Crippen MR) is 118 cm³/mol. The lowest BCUT2D eigenvalue weighted by molar-refractivity contribution is -0.117. The van der Waals surface area contributed by atoms with Crippen LogP contribution in [0.1, 0.15) is 6.42 Å². The third-order valence-corrected chi connectivity index (χ3v) is 4.68. The summed E-state index contributed by atoms with van der Waals surface area (Å²) in [6, 6.07) is 12.2. The van der Waals surface area contributed by atoms with Gasteiger partial charge in [0.25, 0.3) is 0 Å². The quantitative estimate of drug-likeness (QED) is 0.182. The second-order valence-electron chi connectivity index (χ2n) is 6.30. The molecule has 29 heavy (non-hydrogen) atoms. The van der Waals surface area contributed by atoms with E-state index in [9.17, 15) is 4.79 Å². The molecule has 1 aromatic heterocycles. The van der Waals surface area contributed by atoms with Crippen LogP contribution in [0.2, 0.25) is 0 Å². The number of H-pyrrole nitrogens is 1. The Bertz CT molecular complexity index is 1040. The first-order valence-corrected chi connectivity index (χ1v) is 9.65. The molecule has 0 aliphatic heterocycles. The van der Waals surface area contributed by atoms with Crippen LogP contribution in [-0.2, 0) is 4.79 Å². The Morgan fingerprint density at radius 3 is 2.69 bits per heavy atom. The minimum atomic E-state index is -0.746. The number of fused-ring (bicyclic) bond motifs is 1. The molecule has 9 nitrogen and oxygen atoms in total. The fourth-order valence-electron chi connectivity index (χ4n) is 2.69. The molecular weight excluding hydrogens is 436 g/mol. The van der Waals surface area contributed by atoms with Crippen LogP contribution >= 0.6 is 15.9 Å². The zero-order valence-corrected chi connectivity index (χ0v) is 17.0. The summed E-state index contributed by atoms with van der Waals surface area (Å²) in [6.07, 6.45) is 2.07. The summed E-state index contributed by atoms with van der Waals surface area (Å²) in [5, 5.41) is 21.9. The number of nitrogens with one attached hydrogen (secondary N) is 4. The lowest BCUT2D eigenvalue weighted by Gasteiger charge is -2.13. The Labute approximate surface area is 175 Å². The minimum absolute atomic E-state index is 0.157. The number of anilines is 1. The average Bonchev–Trinajstić information content (AvgIpc) is 3.11. The minimum Gasteiger partial charge on any atom is -0.370 e. The van der Waals surface area contributed by atoms with Crippen molar-refractivity contribution in [2.45, 2.75) is 12.5 Å². The summed E-state index contributed by atoms with van der Waals surface area (Å²) in [6.45, 7) is 0.338. The van der Waals surface area contributed by atoms with Gasteiger partial charge in [-0.3, -0.25) is 10.2 Å². The topological polar surface area (TPSA) is 158 Å². The Balaban J connectivity index is 1.78. The number of benzene rings is 2. The van der Waals surface area contributed by atoms with Gasteiger partial charge in [0.1, 0.15) is 5.69 Å². The molecule has 0 aliphatic carbocycles. The van der Waals surface area contributed by atoms with Gasteiger partial charge >= 0.3 is 0 Å². The van der Waals surface area contributed by atoms with Gasteiger partial charge in [0.2, 0.25) is 5.91 Å². The lowest BCUT2D eigenvalue weighted by atomic mass is 10.1. The van der Waals surface area contributed by atoms with Gasteiger partial charge in [-0.2, -0.15) is 5.11 Å². The van der Waals surface area contributed by atoms with Crippen molar-refractivity contribution in [1.82, 2.24) is 10.3 Å². The highest BCUT2D eigenvalue weighted by Crippen LogP contribution is 2.33. The molecular formula is C19H21BrN8O. The number of aromatic nitrogens is 1. The second-order valence-corrected chi connectivity index (χ2v) is 7.22. The first-order valence-electron chi connectivity index (χ1n) is 8.86. The first kappa shape index (κ1) is 20.5. The molecule has 1 atom stereocenters. The van der Waals surface area contributed by atoms with Gasteiger partial charge in [-0.25, -0.2) is 0 Å². The number of carbonyl (C=O) groups is 1. The highest BCUT2D eigenvalue weighted by Gasteiger charge is 2.16. The van der Waals surface area contributed by atoms with Crippen molar-refractivity contribution in [2.75, 3.05) is 11.9 Å². The number of nitrogens with two attached hydrogens (primary N) is 2. The number of carbonyl (C=O) groups excluding carboxylic acids is 1. The molecule has 0 radical (unpaired) electrons. The standard InChI is InChI=1S/C19H21BrN8O/c20-11-4-6-12(7-5-11)27-28-16-10-25-14-2-1-3-15(17(14)16)26-18(29)13(21)8-9-24-19(22)23/h1-7,10,13,25H,8-9,21H2,(H,26,29)(H4,22,23,24)/b28-27+. The van der Waals surface area contributed by atoms with Crippen LogP contribution in [0, 0.1) is 5.41 Å². The number of amides is 1. The summed E-state index contributed by atoms with van der Waals surface area (Å²) in [5.41, 5.74) is 13.9. The summed E-state index contributed by atoms with van der Waals surface area (Å²) in [4.78, 5) is 15.6. The van der Waals surface area contributed by atoms with Gasteiger partial charge in [-0.1, -0.05) is 22.0 Å². The van der Waals surface area contributed by atoms with Crippen LogP contribution < -0.4 is 22.1 Å². The molecule has 8 N–H and O–H groups in total. The van der Waals surface area contributed by atoms with Crippen molar-refractivity contribution < 1.29 is 4.79 Å². The monoisotopic (exact) mass is 456 g/mol.